The number of halogens is 1. The van der Waals surface area contributed by atoms with Gasteiger partial charge < -0.3 is 10.2 Å². The van der Waals surface area contributed by atoms with Crippen LogP contribution in [-0.4, -0.2) is 25.2 Å². The minimum atomic E-state index is 0.513. The fourth-order valence-corrected chi connectivity index (χ4v) is 3.33. The summed E-state index contributed by atoms with van der Waals surface area (Å²) in [6, 6.07) is 7.36. The van der Waals surface area contributed by atoms with Crippen LogP contribution in [0, 0.1) is 12.8 Å². The molecule has 18 heavy (non-hydrogen) atoms. The van der Waals surface area contributed by atoms with E-state index in [1.165, 1.54) is 24.1 Å². The first kappa shape index (κ1) is 12.3. The van der Waals surface area contributed by atoms with Crippen LogP contribution < -0.4 is 10.2 Å². The molecule has 2 nitrogen and oxygen atoms in total. The minimum Gasteiger partial charge on any atom is -0.365 e. The number of hydrogen-bond acceptors (Lipinski definition) is 2. The van der Waals surface area contributed by atoms with E-state index in [-0.39, 0.29) is 0 Å². The van der Waals surface area contributed by atoms with Crippen LogP contribution in [0.2, 0.25) is 5.02 Å². The van der Waals surface area contributed by atoms with E-state index in [0.29, 0.717) is 12.1 Å². The van der Waals surface area contributed by atoms with Crippen molar-refractivity contribution in [3.63, 3.8) is 0 Å². The van der Waals surface area contributed by atoms with Gasteiger partial charge in [0.25, 0.3) is 0 Å². The van der Waals surface area contributed by atoms with Crippen LogP contribution in [-0.2, 0) is 0 Å². The SMILES string of the molecule is Cc1cccc(Cl)c1N1CC(C2CC2)NCC1C. The van der Waals surface area contributed by atoms with E-state index >= 15 is 0 Å². The molecule has 0 aromatic heterocycles. The van der Waals surface area contributed by atoms with Gasteiger partial charge in [-0.3, -0.25) is 0 Å². The van der Waals surface area contributed by atoms with Crippen molar-refractivity contribution >= 4 is 17.3 Å². The predicted octanol–water partition coefficient (Wildman–Crippen LogP) is 3.23. The molecule has 2 aliphatic rings. The fraction of sp³-hybridized carbons (Fsp3) is 0.600. The number of aryl methyl sites for hydroxylation is 1. The number of anilines is 1. The van der Waals surface area contributed by atoms with E-state index in [0.717, 1.165) is 24.0 Å². The van der Waals surface area contributed by atoms with Crippen LogP contribution in [0.15, 0.2) is 18.2 Å². The van der Waals surface area contributed by atoms with Crippen LogP contribution in [0.1, 0.15) is 25.3 Å². The Kier molecular flexibility index (Phi) is 3.25. The molecular weight excluding hydrogens is 244 g/mol. The van der Waals surface area contributed by atoms with E-state index in [4.69, 9.17) is 11.6 Å². The maximum atomic E-state index is 6.41. The maximum absolute atomic E-state index is 6.41. The Balaban J connectivity index is 1.88. The molecule has 1 heterocycles. The zero-order valence-corrected chi connectivity index (χ0v) is 11.9. The molecule has 3 heteroatoms. The zero-order chi connectivity index (χ0) is 12.7. The summed E-state index contributed by atoms with van der Waals surface area (Å²) < 4.78 is 0. The van der Waals surface area contributed by atoms with Crippen LogP contribution in [0.4, 0.5) is 5.69 Å². The van der Waals surface area contributed by atoms with Crippen LogP contribution >= 0.6 is 11.6 Å². The molecule has 1 aliphatic heterocycles. The topological polar surface area (TPSA) is 15.3 Å². The highest BCUT2D eigenvalue weighted by molar-refractivity contribution is 6.33. The van der Waals surface area contributed by atoms with Gasteiger partial charge in [-0.1, -0.05) is 23.7 Å². The molecule has 0 spiro atoms. The average molecular weight is 265 g/mol. The van der Waals surface area contributed by atoms with Gasteiger partial charge in [-0.2, -0.15) is 0 Å². The van der Waals surface area contributed by atoms with Crippen LogP contribution in [0.3, 0.4) is 0 Å². The Bertz CT molecular complexity index is 422. The number of rotatable bonds is 2. The molecule has 1 N–H and O–H groups in total. The van der Waals surface area contributed by atoms with E-state index in [2.05, 4.69) is 30.1 Å². The Morgan fingerprint density at radius 3 is 2.78 bits per heavy atom. The van der Waals surface area contributed by atoms with E-state index in [1.54, 1.807) is 0 Å². The number of benzene rings is 1. The highest BCUT2D eigenvalue weighted by Gasteiger charge is 2.36. The van der Waals surface area contributed by atoms with Gasteiger partial charge in [-0.15, -0.1) is 0 Å². The molecule has 98 valence electrons. The van der Waals surface area contributed by atoms with Gasteiger partial charge in [-0.05, 0) is 44.2 Å². The minimum absolute atomic E-state index is 0.513. The number of nitrogens with one attached hydrogen (secondary N) is 1. The molecule has 1 saturated heterocycles. The van der Waals surface area contributed by atoms with Crippen molar-refractivity contribution in [2.45, 2.75) is 38.8 Å². The van der Waals surface area contributed by atoms with Crippen LogP contribution in [0.25, 0.3) is 0 Å². The van der Waals surface area contributed by atoms with Crippen LogP contribution in [0.5, 0.6) is 0 Å². The van der Waals surface area contributed by atoms with Crippen molar-refractivity contribution in [3.05, 3.63) is 28.8 Å². The lowest BCUT2D eigenvalue weighted by Gasteiger charge is -2.41. The molecule has 0 bridgehead atoms. The van der Waals surface area contributed by atoms with Gasteiger partial charge in [0.15, 0.2) is 0 Å². The lowest BCUT2D eigenvalue weighted by Crippen LogP contribution is -2.56. The second-order valence-electron chi connectivity index (χ2n) is 5.76. The summed E-state index contributed by atoms with van der Waals surface area (Å²) in [5, 5.41) is 4.57. The van der Waals surface area contributed by atoms with Gasteiger partial charge in [0.2, 0.25) is 0 Å². The third-order valence-corrected chi connectivity index (χ3v) is 4.57. The average Bonchev–Trinajstić information content (AvgIpc) is 3.15. The summed E-state index contributed by atoms with van der Waals surface area (Å²) in [4.78, 5) is 2.50. The Morgan fingerprint density at radius 1 is 1.33 bits per heavy atom. The van der Waals surface area contributed by atoms with E-state index < -0.39 is 0 Å². The summed E-state index contributed by atoms with van der Waals surface area (Å²) >= 11 is 6.41. The normalized spacial score (nSPS) is 28.5. The monoisotopic (exact) mass is 264 g/mol. The number of piperazine rings is 1. The van der Waals surface area contributed by atoms with Crippen molar-refractivity contribution < 1.29 is 0 Å². The molecule has 0 amide bonds. The largest absolute Gasteiger partial charge is 0.365 e. The first-order valence-corrected chi connectivity index (χ1v) is 7.29. The van der Waals surface area contributed by atoms with Crippen molar-refractivity contribution in [2.75, 3.05) is 18.0 Å². The van der Waals surface area contributed by atoms with Crippen molar-refractivity contribution in [3.8, 4) is 0 Å². The molecular formula is C15H21ClN2. The zero-order valence-electron chi connectivity index (χ0n) is 11.1. The lowest BCUT2D eigenvalue weighted by molar-refractivity contribution is 0.375. The first-order chi connectivity index (χ1) is 8.66. The summed E-state index contributed by atoms with van der Waals surface area (Å²) in [5.74, 6) is 0.891. The van der Waals surface area contributed by atoms with Gasteiger partial charge in [0, 0.05) is 25.2 Å². The summed E-state index contributed by atoms with van der Waals surface area (Å²) in [5.41, 5.74) is 2.52. The number of nitrogens with zero attached hydrogens (tertiary/aromatic N) is 1. The molecule has 1 aromatic rings. The Hall–Kier alpha value is -0.730. The molecule has 2 atom stereocenters. The Labute approximate surface area is 114 Å². The predicted molar refractivity (Wildman–Crippen MR) is 77.5 cm³/mol. The Morgan fingerprint density at radius 2 is 2.11 bits per heavy atom. The third-order valence-electron chi connectivity index (χ3n) is 4.27. The first-order valence-electron chi connectivity index (χ1n) is 6.92. The summed E-state index contributed by atoms with van der Waals surface area (Å²) in [7, 11) is 0. The molecule has 1 saturated carbocycles. The second kappa shape index (κ2) is 4.75. The molecule has 0 radical (unpaired) electrons. The second-order valence-corrected chi connectivity index (χ2v) is 6.17. The smallest absolute Gasteiger partial charge is 0.0642 e. The highest BCUT2D eigenvalue weighted by atomic mass is 35.5. The fourth-order valence-electron chi connectivity index (χ4n) is 3.00. The number of para-hydroxylation sites is 1. The summed E-state index contributed by atoms with van der Waals surface area (Å²) in [6.45, 7) is 6.59. The lowest BCUT2D eigenvalue weighted by atomic mass is 10.0. The van der Waals surface area contributed by atoms with Crippen molar-refractivity contribution in [1.82, 2.24) is 5.32 Å². The van der Waals surface area contributed by atoms with Gasteiger partial charge in [0.05, 0.1) is 10.7 Å². The van der Waals surface area contributed by atoms with Gasteiger partial charge >= 0.3 is 0 Å². The quantitative estimate of drug-likeness (QED) is 0.882. The van der Waals surface area contributed by atoms with Gasteiger partial charge in [0.1, 0.15) is 0 Å². The maximum Gasteiger partial charge on any atom is 0.0642 e. The van der Waals surface area contributed by atoms with Gasteiger partial charge in [-0.25, -0.2) is 0 Å². The highest BCUT2D eigenvalue weighted by Crippen LogP contribution is 2.37. The molecule has 3 rings (SSSR count). The summed E-state index contributed by atoms with van der Waals surface area (Å²) in [6.07, 6.45) is 2.78. The molecule has 2 fully saturated rings. The third kappa shape index (κ3) is 2.24. The molecule has 1 aromatic carbocycles. The standard InChI is InChI=1S/C15H21ClN2/c1-10-4-3-5-13(16)15(10)18-9-14(12-6-7-12)17-8-11(18)2/h3-5,11-12,14,17H,6-9H2,1-2H3. The van der Waals surface area contributed by atoms with E-state index in [9.17, 15) is 0 Å². The number of hydrogen-bond donors (Lipinski definition) is 1. The van der Waals surface area contributed by atoms with E-state index in [1.807, 2.05) is 12.1 Å². The van der Waals surface area contributed by atoms with Crippen molar-refractivity contribution in [2.24, 2.45) is 5.92 Å². The van der Waals surface area contributed by atoms with Crippen molar-refractivity contribution in [1.29, 1.82) is 0 Å². The molecule has 2 unspecified atom stereocenters. The molecule has 1 aliphatic carbocycles.